The zero-order valence-corrected chi connectivity index (χ0v) is 17.2. The summed E-state index contributed by atoms with van der Waals surface area (Å²) in [6, 6.07) is 0. The molecular weight excluding hydrogens is 372 g/mol. The molecule has 0 saturated carbocycles. The number of hydrogen-bond acceptors (Lipinski definition) is 8. The van der Waals surface area contributed by atoms with E-state index in [1.165, 1.54) is 0 Å². The Morgan fingerprint density at radius 3 is 2.79 bits per heavy atom. The normalized spacial score (nSPS) is 21.0. The number of ketones is 1. The summed E-state index contributed by atoms with van der Waals surface area (Å²) in [5, 5.41) is 3.31. The highest BCUT2D eigenvalue weighted by atomic mass is 16.5. The highest BCUT2D eigenvalue weighted by Gasteiger charge is 2.44. The molecular formula is C21H28N4O4. The molecule has 0 aromatic carbocycles. The number of ether oxygens (including phenoxy) is 2. The number of hydrogen-bond donors (Lipinski definition) is 2. The molecule has 2 heterocycles. The Balaban J connectivity index is 2.14. The van der Waals surface area contributed by atoms with Gasteiger partial charge in [-0.1, -0.05) is 13.8 Å². The van der Waals surface area contributed by atoms with Crippen molar-refractivity contribution in [2.75, 3.05) is 26.4 Å². The summed E-state index contributed by atoms with van der Waals surface area (Å²) in [5.41, 5.74) is 8.19. The Kier molecular flexibility index (Phi) is 6.44. The fourth-order valence-corrected chi connectivity index (χ4v) is 3.93. The summed E-state index contributed by atoms with van der Waals surface area (Å²) in [5.74, 6) is -1.13. The zero-order valence-electron chi connectivity index (χ0n) is 17.2. The first-order chi connectivity index (χ1) is 13.9. The van der Waals surface area contributed by atoms with E-state index in [0.29, 0.717) is 48.5 Å². The van der Waals surface area contributed by atoms with Crippen LogP contribution in [0.2, 0.25) is 0 Å². The van der Waals surface area contributed by atoms with Crippen LogP contribution in [0.4, 0.5) is 0 Å². The number of carbonyl (C=O) groups is 2. The van der Waals surface area contributed by atoms with Gasteiger partial charge in [0.15, 0.2) is 5.78 Å². The van der Waals surface area contributed by atoms with Crippen molar-refractivity contribution in [1.82, 2.24) is 15.3 Å². The smallest absolute Gasteiger partial charge is 0.336 e. The maximum absolute atomic E-state index is 13.2. The second kappa shape index (κ2) is 8.84. The summed E-state index contributed by atoms with van der Waals surface area (Å²) in [6.07, 6.45) is 5.79. The van der Waals surface area contributed by atoms with Crippen LogP contribution in [-0.2, 0) is 19.1 Å². The standard InChI is InChI=1S/C21H28N4O4/c1-4-29-20(27)19-15(12-28-8-5-22)25-13-9-21(2,3)10-16(26)17(13)18(19)14-11-23-6-7-24-14/h6-7,11,18,25H,4-5,8-10,12,22H2,1-3H3. The van der Waals surface area contributed by atoms with Gasteiger partial charge in [0.25, 0.3) is 0 Å². The van der Waals surface area contributed by atoms with Crippen LogP contribution in [0, 0.1) is 5.41 Å². The molecule has 1 aliphatic carbocycles. The van der Waals surface area contributed by atoms with Crippen molar-refractivity contribution in [1.29, 1.82) is 0 Å². The molecule has 0 radical (unpaired) electrons. The number of nitrogens with two attached hydrogens (primary N) is 1. The first-order valence-corrected chi connectivity index (χ1v) is 9.85. The first-order valence-electron chi connectivity index (χ1n) is 9.85. The van der Waals surface area contributed by atoms with Gasteiger partial charge in [-0.3, -0.25) is 14.8 Å². The van der Waals surface area contributed by atoms with Crippen LogP contribution < -0.4 is 11.1 Å². The van der Waals surface area contributed by atoms with Gasteiger partial charge < -0.3 is 20.5 Å². The van der Waals surface area contributed by atoms with Crippen molar-refractivity contribution in [2.45, 2.75) is 39.5 Å². The van der Waals surface area contributed by atoms with Gasteiger partial charge in [-0.05, 0) is 18.8 Å². The van der Waals surface area contributed by atoms with E-state index >= 15 is 0 Å². The van der Waals surface area contributed by atoms with Crippen molar-refractivity contribution in [2.24, 2.45) is 11.1 Å². The lowest BCUT2D eigenvalue weighted by molar-refractivity contribution is -0.139. The average molecular weight is 400 g/mol. The summed E-state index contributed by atoms with van der Waals surface area (Å²) < 4.78 is 11.0. The Labute approximate surface area is 170 Å². The van der Waals surface area contributed by atoms with E-state index in [1.54, 1.807) is 25.5 Å². The van der Waals surface area contributed by atoms with Crippen LogP contribution in [0.25, 0.3) is 0 Å². The van der Waals surface area contributed by atoms with Crippen LogP contribution in [-0.4, -0.2) is 48.1 Å². The van der Waals surface area contributed by atoms with E-state index in [0.717, 1.165) is 5.70 Å². The number of allylic oxidation sites excluding steroid dienone is 2. The van der Waals surface area contributed by atoms with Crippen LogP contribution in [0.5, 0.6) is 0 Å². The van der Waals surface area contributed by atoms with E-state index in [-0.39, 0.29) is 24.4 Å². The van der Waals surface area contributed by atoms with Gasteiger partial charge in [0, 0.05) is 42.8 Å². The van der Waals surface area contributed by atoms with E-state index in [1.807, 2.05) is 0 Å². The number of esters is 1. The van der Waals surface area contributed by atoms with Gasteiger partial charge in [0.05, 0.1) is 42.7 Å². The van der Waals surface area contributed by atoms with E-state index in [9.17, 15) is 9.59 Å². The van der Waals surface area contributed by atoms with Crippen LogP contribution in [0.1, 0.15) is 45.2 Å². The van der Waals surface area contributed by atoms with Gasteiger partial charge in [-0.25, -0.2) is 4.79 Å². The molecule has 8 heteroatoms. The molecule has 1 aromatic rings. The fourth-order valence-electron chi connectivity index (χ4n) is 3.93. The summed E-state index contributed by atoms with van der Waals surface area (Å²) >= 11 is 0. The number of Topliss-reactive ketones (excluding diaryl/α,β-unsaturated/α-hetero) is 1. The second-order valence-corrected chi connectivity index (χ2v) is 7.98. The predicted molar refractivity (Wildman–Crippen MR) is 106 cm³/mol. The highest BCUT2D eigenvalue weighted by Crippen LogP contribution is 2.46. The molecule has 0 bridgehead atoms. The topological polar surface area (TPSA) is 116 Å². The molecule has 1 aromatic heterocycles. The third kappa shape index (κ3) is 4.54. The van der Waals surface area contributed by atoms with Crippen molar-refractivity contribution in [3.63, 3.8) is 0 Å². The molecule has 29 heavy (non-hydrogen) atoms. The van der Waals surface area contributed by atoms with Crippen molar-refractivity contribution < 1.29 is 19.1 Å². The monoisotopic (exact) mass is 400 g/mol. The third-order valence-electron chi connectivity index (χ3n) is 5.01. The molecule has 1 atom stereocenters. The minimum Gasteiger partial charge on any atom is -0.463 e. The lowest BCUT2D eigenvalue weighted by Gasteiger charge is -2.39. The third-order valence-corrected chi connectivity index (χ3v) is 5.01. The van der Waals surface area contributed by atoms with Crippen molar-refractivity contribution in [3.8, 4) is 0 Å². The minimum atomic E-state index is -0.640. The SMILES string of the molecule is CCOC(=O)C1=C(COCCN)NC2=C(C(=O)CC(C)(C)C2)C1c1cnccn1. The minimum absolute atomic E-state index is 0.00290. The number of rotatable bonds is 7. The fraction of sp³-hybridized carbons (Fsp3) is 0.524. The van der Waals surface area contributed by atoms with Gasteiger partial charge in [-0.2, -0.15) is 0 Å². The Bertz CT molecular complexity index is 845. The lowest BCUT2D eigenvalue weighted by Crippen LogP contribution is -2.40. The van der Waals surface area contributed by atoms with E-state index in [4.69, 9.17) is 15.2 Å². The molecule has 2 aliphatic rings. The molecule has 0 amide bonds. The first kappa shape index (κ1) is 21.1. The molecule has 0 saturated heterocycles. The molecule has 0 spiro atoms. The molecule has 3 N–H and O–H groups in total. The molecule has 3 rings (SSSR count). The maximum atomic E-state index is 13.2. The number of nitrogens with zero attached hydrogens (tertiary/aromatic N) is 2. The van der Waals surface area contributed by atoms with Gasteiger partial charge in [0.1, 0.15) is 0 Å². The van der Waals surface area contributed by atoms with Gasteiger partial charge in [0.2, 0.25) is 0 Å². The van der Waals surface area contributed by atoms with E-state index < -0.39 is 11.9 Å². The summed E-state index contributed by atoms with van der Waals surface area (Å²) in [6.45, 7) is 6.97. The van der Waals surface area contributed by atoms with Crippen molar-refractivity contribution >= 4 is 11.8 Å². The Morgan fingerprint density at radius 2 is 2.14 bits per heavy atom. The molecule has 0 fully saturated rings. The molecule has 1 aliphatic heterocycles. The largest absolute Gasteiger partial charge is 0.463 e. The molecule has 156 valence electrons. The lowest BCUT2D eigenvalue weighted by atomic mass is 9.69. The summed E-state index contributed by atoms with van der Waals surface area (Å²) in [4.78, 5) is 34.7. The highest BCUT2D eigenvalue weighted by molar-refractivity contribution is 6.04. The van der Waals surface area contributed by atoms with Gasteiger partial charge in [-0.15, -0.1) is 0 Å². The average Bonchev–Trinajstić information content (AvgIpc) is 2.67. The Hall–Kier alpha value is -2.58. The van der Waals surface area contributed by atoms with Crippen LogP contribution in [0.15, 0.2) is 41.1 Å². The summed E-state index contributed by atoms with van der Waals surface area (Å²) in [7, 11) is 0. The number of dihydropyridines is 1. The number of aromatic nitrogens is 2. The molecule has 8 nitrogen and oxygen atoms in total. The quantitative estimate of drug-likeness (QED) is 0.524. The number of carbonyl (C=O) groups excluding carboxylic acids is 2. The Morgan fingerprint density at radius 1 is 1.34 bits per heavy atom. The second-order valence-electron chi connectivity index (χ2n) is 7.98. The van der Waals surface area contributed by atoms with E-state index in [2.05, 4.69) is 29.1 Å². The predicted octanol–water partition coefficient (Wildman–Crippen LogP) is 1.60. The zero-order chi connectivity index (χ0) is 21.0. The van der Waals surface area contributed by atoms with Gasteiger partial charge >= 0.3 is 5.97 Å². The van der Waals surface area contributed by atoms with Crippen LogP contribution in [0.3, 0.4) is 0 Å². The van der Waals surface area contributed by atoms with Crippen molar-refractivity contribution in [3.05, 3.63) is 46.8 Å². The molecule has 1 unspecified atom stereocenters. The maximum Gasteiger partial charge on any atom is 0.336 e. The van der Waals surface area contributed by atoms with Crippen LogP contribution >= 0.6 is 0 Å². The number of nitrogens with one attached hydrogen (secondary N) is 1.